The third kappa shape index (κ3) is 2.17. The minimum atomic E-state index is 0.204. The zero-order valence-corrected chi connectivity index (χ0v) is 12.0. The maximum absolute atomic E-state index is 11.9. The zero-order valence-electron chi connectivity index (χ0n) is 11.2. The van der Waals surface area contributed by atoms with Crippen LogP contribution in [0, 0.1) is 0 Å². The molecule has 21 heavy (non-hydrogen) atoms. The van der Waals surface area contributed by atoms with E-state index in [1.807, 2.05) is 30.3 Å². The van der Waals surface area contributed by atoms with Crippen molar-refractivity contribution in [2.45, 2.75) is 19.3 Å². The Labute approximate surface area is 125 Å². The molecule has 0 saturated carbocycles. The lowest BCUT2D eigenvalue weighted by Crippen LogP contribution is -2.07. The molecule has 3 aromatic rings. The van der Waals surface area contributed by atoms with E-state index in [0.717, 1.165) is 34.1 Å². The first-order valence-corrected chi connectivity index (χ1v) is 7.64. The van der Waals surface area contributed by atoms with Gasteiger partial charge in [-0.1, -0.05) is 18.2 Å². The number of rotatable bonds is 2. The van der Waals surface area contributed by atoms with Gasteiger partial charge in [-0.2, -0.15) is 9.90 Å². The first kappa shape index (κ1) is 12.4. The number of ketones is 1. The van der Waals surface area contributed by atoms with Gasteiger partial charge in [0.2, 0.25) is 0 Å². The lowest BCUT2D eigenvalue weighted by molar-refractivity contribution is 0.0976. The van der Waals surface area contributed by atoms with Crippen LogP contribution in [0.3, 0.4) is 0 Å². The summed E-state index contributed by atoms with van der Waals surface area (Å²) in [5.74, 6) is 0.204. The lowest BCUT2D eigenvalue weighted by atomic mass is 10.0. The number of fused-ring (bicyclic) bond motifs is 1. The van der Waals surface area contributed by atoms with Gasteiger partial charge in [-0.25, -0.2) is 4.98 Å². The van der Waals surface area contributed by atoms with Crippen LogP contribution in [-0.4, -0.2) is 25.8 Å². The van der Waals surface area contributed by atoms with Gasteiger partial charge < -0.3 is 0 Å². The molecular weight excluding hydrogens is 284 g/mol. The van der Waals surface area contributed by atoms with Crippen LogP contribution in [-0.2, 0) is 6.42 Å². The molecular formula is C15H12N4OS. The molecule has 2 aromatic heterocycles. The van der Waals surface area contributed by atoms with Crippen LogP contribution in [0.4, 0.5) is 0 Å². The van der Waals surface area contributed by atoms with E-state index in [4.69, 9.17) is 0 Å². The number of aromatic nitrogens is 4. The topological polar surface area (TPSA) is 60.7 Å². The number of benzene rings is 1. The fraction of sp³-hybridized carbons (Fsp3) is 0.200. The van der Waals surface area contributed by atoms with Gasteiger partial charge in [0.1, 0.15) is 10.7 Å². The highest BCUT2D eigenvalue weighted by atomic mass is 32.1. The second kappa shape index (κ2) is 4.89. The summed E-state index contributed by atoms with van der Waals surface area (Å²) in [6.07, 6.45) is 4.10. The number of nitrogens with zero attached hydrogens (tertiary/aromatic N) is 4. The van der Waals surface area contributed by atoms with Crippen molar-refractivity contribution in [3.63, 3.8) is 0 Å². The molecule has 6 heteroatoms. The molecule has 0 radical (unpaired) electrons. The summed E-state index contributed by atoms with van der Waals surface area (Å²) in [7, 11) is 0. The van der Waals surface area contributed by atoms with Crippen LogP contribution < -0.4 is 0 Å². The van der Waals surface area contributed by atoms with Crippen LogP contribution >= 0.6 is 11.3 Å². The monoisotopic (exact) mass is 296 g/mol. The van der Waals surface area contributed by atoms with Crippen molar-refractivity contribution in [3.05, 3.63) is 47.1 Å². The molecule has 0 fully saturated rings. The molecule has 1 aliphatic carbocycles. The molecule has 4 rings (SSSR count). The Morgan fingerprint density at radius 1 is 1.14 bits per heavy atom. The van der Waals surface area contributed by atoms with Crippen molar-refractivity contribution in [1.29, 1.82) is 0 Å². The average Bonchev–Trinajstić information content (AvgIpc) is 3.15. The fourth-order valence-electron chi connectivity index (χ4n) is 2.43. The second-order valence-electron chi connectivity index (χ2n) is 4.93. The molecule has 2 heterocycles. The van der Waals surface area contributed by atoms with E-state index in [-0.39, 0.29) is 5.78 Å². The summed E-state index contributed by atoms with van der Waals surface area (Å²) in [5, 5.41) is 9.51. The molecule has 0 atom stereocenters. The van der Waals surface area contributed by atoms with Crippen molar-refractivity contribution >= 4 is 17.1 Å². The number of hydrogen-bond donors (Lipinski definition) is 0. The number of carbonyl (C=O) groups is 1. The quantitative estimate of drug-likeness (QED) is 0.729. The Kier molecular flexibility index (Phi) is 2.89. The van der Waals surface area contributed by atoms with Gasteiger partial charge in [-0.3, -0.25) is 4.79 Å². The van der Waals surface area contributed by atoms with E-state index < -0.39 is 0 Å². The predicted molar refractivity (Wildman–Crippen MR) is 79.7 cm³/mol. The Hall–Kier alpha value is -2.34. The van der Waals surface area contributed by atoms with Gasteiger partial charge in [-0.05, 0) is 25.0 Å². The van der Waals surface area contributed by atoms with E-state index in [9.17, 15) is 4.79 Å². The predicted octanol–water partition coefficient (Wildman–Crippen LogP) is 2.91. The van der Waals surface area contributed by atoms with Gasteiger partial charge >= 0.3 is 0 Å². The van der Waals surface area contributed by atoms with Crippen molar-refractivity contribution < 1.29 is 4.79 Å². The highest BCUT2D eigenvalue weighted by molar-refractivity contribution is 7.17. The first-order valence-electron chi connectivity index (χ1n) is 6.82. The second-order valence-corrected chi connectivity index (χ2v) is 5.93. The number of para-hydroxylation sites is 1. The third-order valence-electron chi connectivity index (χ3n) is 3.47. The standard InChI is InChI=1S/C15H12N4OS/c20-13-8-4-7-11-14(13)21-15(17-11)12-9-16-19(18-12)10-5-2-1-3-6-10/h1-3,5-6,9H,4,7-8H2. The SMILES string of the molecule is O=C1CCCc2nc(-c3cnn(-c4ccccc4)n3)sc21. The molecule has 5 nitrogen and oxygen atoms in total. The molecule has 0 bridgehead atoms. The van der Waals surface area contributed by atoms with Crippen LogP contribution in [0.1, 0.15) is 28.2 Å². The van der Waals surface area contributed by atoms with E-state index in [0.29, 0.717) is 12.1 Å². The third-order valence-corrected chi connectivity index (χ3v) is 4.63. The molecule has 1 aromatic carbocycles. The van der Waals surface area contributed by atoms with Crippen LogP contribution in [0.25, 0.3) is 16.4 Å². The van der Waals surface area contributed by atoms with Crippen molar-refractivity contribution in [3.8, 4) is 16.4 Å². The normalized spacial score (nSPS) is 14.2. The maximum Gasteiger partial charge on any atom is 0.174 e. The van der Waals surface area contributed by atoms with Crippen LogP contribution in [0.5, 0.6) is 0 Å². The van der Waals surface area contributed by atoms with Gasteiger partial charge in [0.25, 0.3) is 0 Å². The van der Waals surface area contributed by atoms with Gasteiger partial charge in [0, 0.05) is 6.42 Å². The summed E-state index contributed by atoms with van der Waals surface area (Å²) in [6.45, 7) is 0. The minimum absolute atomic E-state index is 0.204. The molecule has 104 valence electrons. The van der Waals surface area contributed by atoms with E-state index in [1.54, 1.807) is 11.0 Å². The van der Waals surface area contributed by atoms with Gasteiger partial charge in [-0.15, -0.1) is 16.4 Å². The Morgan fingerprint density at radius 2 is 2.00 bits per heavy atom. The highest BCUT2D eigenvalue weighted by Gasteiger charge is 2.23. The maximum atomic E-state index is 11.9. The smallest absolute Gasteiger partial charge is 0.174 e. The van der Waals surface area contributed by atoms with Crippen molar-refractivity contribution in [2.24, 2.45) is 0 Å². The van der Waals surface area contributed by atoms with Crippen LogP contribution in [0.15, 0.2) is 36.5 Å². The number of thiazole rings is 1. The summed E-state index contributed by atoms with van der Waals surface area (Å²) >= 11 is 1.43. The Bertz CT molecular complexity index is 806. The Balaban J connectivity index is 1.72. The molecule has 0 unspecified atom stereocenters. The number of hydrogen-bond acceptors (Lipinski definition) is 5. The van der Waals surface area contributed by atoms with Crippen molar-refractivity contribution in [2.75, 3.05) is 0 Å². The van der Waals surface area contributed by atoms with Crippen molar-refractivity contribution in [1.82, 2.24) is 20.0 Å². The highest BCUT2D eigenvalue weighted by Crippen LogP contribution is 2.31. The van der Waals surface area contributed by atoms with E-state index in [2.05, 4.69) is 15.2 Å². The summed E-state index contributed by atoms with van der Waals surface area (Å²) in [4.78, 5) is 18.8. The largest absolute Gasteiger partial charge is 0.293 e. The molecule has 0 amide bonds. The van der Waals surface area contributed by atoms with Gasteiger partial charge in [0.15, 0.2) is 5.78 Å². The van der Waals surface area contributed by atoms with Crippen LogP contribution in [0.2, 0.25) is 0 Å². The van der Waals surface area contributed by atoms with Gasteiger partial charge in [0.05, 0.1) is 22.5 Å². The number of carbonyl (C=O) groups excluding carboxylic acids is 1. The van der Waals surface area contributed by atoms with E-state index >= 15 is 0 Å². The first-order chi connectivity index (χ1) is 10.3. The zero-order chi connectivity index (χ0) is 14.2. The molecule has 1 aliphatic rings. The number of Topliss-reactive ketones (excluding diaryl/α,β-unsaturated/α-hetero) is 1. The average molecular weight is 296 g/mol. The minimum Gasteiger partial charge on any atom is -0.293 e. The summed E-state index contributed by atoms with van der Waals surface area (Å²) in [6, 6.07) is 9.73. The number of aryl methyl sites for hydroxylation is 1. The summed E-state index contributed by atoms with van der Waals surface area (Å²) < 4.78 is 0. The molecule has 0 aliphatic heterocycles. The molecule has 0 N–H and O–H groups in total. The molecule has 0 saturated heterocycles. The van der Waals surface area contributed by atoms with E-state index in [1.165, 1.54) is 11.3 Å². The fourth-order valence-corrected chi connectivity index (χ4v) is 3.45. The Morgan fingerprint density at radius 3 is 2.81 bits per heavy atom. The lowest BCUT2D eigenvalue weighted by Gasteiger charge is -2.06. The summed E-state index contributed by atoms with van der Waals surface area (Å²) in [5.41, 5.74) is 2.53. The molecule has 0 spiro atoms.